The summed E-state index contributed by atoms with van der Waals surface area (Å²) in [7, 11) is 0. The van der Waals surface area contributed by atoms with E-state index in [0.29, 0.717) is 5.56 Å². The van der Waals surface area contributed by atoms with Crippen molar-refractivity contribution < 1.29 is 14.8 Å². The van der Waals surface area contributed by atoms with Crippen molar-refractivity contribution in [2.75, 3.05) is 6.61 Å². The third-order valence-electron chi connectivity index (χ3n) is 2.32. The molecule has 0 aliphatic heterocycles. The first kappa shape index (κ1) is 13.5. The summed E-state index contributed by atoms with van der Waals surface area (Å²) in [5.41, 5.74) is -0.0344. The summed E-state index contributed by atoms with van der Waals surface area (Å²) in [6, 6.07) is 2.66. The largest absolute Gasteiger partial charge is 0.500 e. The van der Waals surface area contributed by atoms with Crippen molar-refractivity contribution in [2.45, 2.75) is 6.92 Å². The van der Waals surface area contributed by atoms with E-state index >= 15 is 0 Å². The van der Waals surface area contributed by atoms with E-state index in [2.05, 4.69) is 15.3 Å². The minimum absolute atomic E-state index is 0.0342. The second-order valence-corrected chi connectivity index (χ2v) is 3.66. The number of hydrogen-bond acceptors (Lipinski definition) is 7. The van der Waals surface area contributed by atoms with E-state index in [-0.39, 0.29) is 12.4 Å². The summed E-state index contributed by atoms with van der Waals surface area (Å²) in [4.78, 5) is 10.2. The van der Waals surface area contributed by atoms with E-state index < -0.39 is 16.4 Å². The first-order valence-corrected chi connectivity index (χ1v) is 5.65. The molecule has 2 aromatic rings. The van der Waals surface area contributed by atoms with Gasteiger partial charge in [0.15, 0.2) is 5.75 Å². The quantitative estimate of drug-likeness (QED) is 0.498. The smallest absolute Gasteiger partial charge is 0.315 e. The minimum Gasteiger partial charge on any atom is -0.500 e. The predicted molar refractivity (Wildman–Crippen MR) is 68.9 cm³/mol. The predicted octanol–water partition coefficient (Wildman–Crippen LogP) is 1.17. The van der Waals surface area contributed by atoms with E-state index in [4.69, 9.17) is 4.74 Å². The maximum absolute atomic E-state index is 10.9. The summed E-state index contributed by atoms with van der Waals surface area (Å²) >= 11 is 0. The average Bonchev–Trinajstić information content (AvgIpc) is 2.92. The van der Waals surface area contributed by atoms with Gasteiger partial charge in [0.2, 0.25) is 5.75 Å². The number of aromatic hydroxyl groups is 1. The molecule has 0 spiro atoms. The van der Waals surface area contributed by atoms with Gasteiger partial charge in [0.25, 0.3) is 0 Å². The van der Waals surface area contributed by atoms with Crippen LogP contribution in [0.5, 0.6) is 11.5 Å². The number of hydrogen-bond donors (Lipinski definition) is 1. The molecular formula is C11H11N5O4. The average molecular weight is 277 g/mol. The number of phenols is 1. The Morgan fingerprint density at radius 2 is 2.20 bits per heavy atom. The Balaban J connectivity index is 2.40. The lowest BCUT2D eigenvalue weighted by Crippen LogP contribution is -1.98. The number of aromatic nitrogens is 3. The van der Waals surface area contributed by atoms with Crippen LogP contribution >= 0.6 is 0 Å². The highest BCUT2D eigenvalue weighted by Gasteiger charge is 2.19. The first-order valence-electron chi connectivity index (χ1n) is 5.65. The number of nitrogens with zero attached hydrogens (tertiary/aromatic N) is 5. The molecule has 1 N–H and O–H groups in total. The minimum atomic E-state index is -0.687. The third-order valence-corrected chi connectivity index (χ3v) is 2.32. The van der Waals surface area contributed by atoms with Gasteiger partial charge in [-0.25, -0.2) is 4.68 Å². The maximum Gasteiger partial charge on any atom is 0.315 e. The topological polar surface area (TPSA) is 116 Å². The van der Waals surface area contributed by atoms with Crippen LogP contribution in [0.3, 0.4) is 0 Å². The van der Waals surface area contributed by atoms with Gasteiger partial charge in [0, 0.05) is 11.6 Å². The fourth-order valence-electron chi connectivity index (χ4n) is 1.48. The van der Waals surface area contributed by atoms with Gasteiger partial charge in [-0.3, -0.25) is 10.1 Å². The number of ether oxygens (including phenoxy) is 1. The molecule has 2 rings (SSSR count). The van der Waals surface area contributed by atoms with Crippen molar-refractivity contribution in [3.05, 3.63) is 40.5 Å². The molecule has 9 nitrogen and oxygen atoms in total. The van der Waals surface area contributed by atoms with Gasteiger partial charge in [0.1, 0.15) is 12.7 Å². The lowest BCUT2D eigenvalue weighted by Gasteiger charge is -2.07. The van der Waals surface area contributed by atoms with Gasteiger partial charge in [0.05, 0.1) is 17.7 Å². The molecule has 0 bridgehead atoms. The van der Waals surface area contributed by atoms with E-state index in [9.17, 15) is 15.2 Å². The lowest BCUT2D eigenvalue weighted by molar-refractivity contribution is -0.386. The second-order valence-electron chi connectivity index (χ2n) is 3.66. The number of phenolic OH excluding ortho intramolecular Hbond substituents is 1. The molecule has 104 valence electrons. The van der Waals surface area contributed by atoms with E-state index in [0.717, 1.165) is 0 Å². The molecule has 1 aromatic carbocycles. The molecular weight excluding hydrogens is 266 g/mol. The normalized spacial score (nSPS) is 10.8. The van der Waals surface area contributed by atoms with Crippen molar-refractivity contribution in [3.8, 4) is 11.5 Å². The molecule has 1 heterocycles. The second kappa shape index (κ2) is 5.78. The highest BCUT2D eigenvalue weighted by atomic mass is 16.6. The molecule has 20 heavy (non-hydrogen) atoms. The van der Waals surface area contributed by atoms with Crippen LogP contribution in [-0.4, -0.2) is 37.7 Å². The molecule has 0 atom stereocenters. The van der Waals surface area contributed by atoms with Crippen molar-refractivity contribution in [1.29, 1.82) is 0 Å². The number of nitro groups is 1. The fourth-order valence-corrected chi connectivity index (χ4v) is 1.48. The van der Waals surface area contributed by atoms with Gasteiger partial charge in [-0.1, -0.05) is 0 Å². The van der Waals surface area contributed by atoms with Crippen LogP contribution in [0.15, 0.2) is 29.9 Å². The Bertz CT molecular complexity index is 639. The fraction of sp³-hybridized carbons (Fsp3) is 0.182. The summed E-state index contributed by atoms with van der Waals surface area (Å²) < 4.78 is 6.49. The van der Waals surface area contributed by atoms with E-state index in [1.165, 1.54) is 35.7 Å². The van der Waals surface area contributed by atoms with Crippen LogP contribution in [-0.2, 0) is 0 Å². The van der Waals surface area contributed by atoms with E-state index in [1.54, 1.807) is 6.92 Å². The van der Waals surface area contributed by atoms with Crippen molar-refractivity contribution >= 4 is 11.9 Å². The summed E-state index contributed by atoms with van der Waals surface area (Å²) in [5, 5.41) is 31.7. The van der Waals surface area contributed by atoms with E-state index in [1.807, 2.05) is 0 Å². The van der Waals surface area contributed by atoms with Gasteiger partial charge in [-0.2, -0.15) is 5.10 Å². The van der Waals surface area contributed by atoms with Crippen LogP contribution in [0.2, 0.25) is 0 Å². The molecule has 0 radical (unpaired) electrons. The summed E-state index contributed by atoms with van der Waals surface area (Å²) in [6.45, 7) is 1.99. The monoisotopic (exact) mass is 277 g/mol. The zero-order valence-electron chi connectivity index (χ0n) is 10.5. The van der Waals surface area contributed by atoms with Gasteiger partial charge in [-0.05, 0) is 13.0 Å². The number of benzene rings is 1. The third kappa shape index (κ3) is 2.88. The lowest BCUT2D eigenvalue weighted by atomic mass is 10.2. The van der Waals surface area contributed by atoms with Gasteiger partial charge in [-0.15, -0.1) is 10.2 Å². The standard InChI is InChI=1S/C11H11N5O4/c1-2-20-10-4-8(3-9(11(10)17)16(18)19)5-14-15-6-12-13-7-15/h3-7,17H,2H2,1H3/b14-5+. The molecule has 1 aromatic heterocycles. The zero-order valence-corrected chi connectivity index (χ0v) is 10.5. The van der Waals surface area contributed by atoms with Gasteiger partial charge < -0.3 is 9.84 Å². The van der Waals surface area contributed by atoms with Gasteiger partial charge >= 0.3 is 5.69 Å². The van der Waals surface area contributed by atoms with Crippen LogP contribution in [0, 0.1) is 10.1 Å². The maximum atomic E-state index is 10.9. The molecule has 0 saturated carbocycles. The Labute approximate surface area is 113 Å². The van der Waals surface area contributed by atoms with Crippen LogP contribution in [0.1, 0.15) is 12.5 Å². The van der Waals surface area contributed by atoms with Crippen LogP contribution < -0.4 is 4.74 Å². The SMILES string of the molecule is CCOc1cc(/C=N/n2cnnc2)cc([N+](=O)[O-])c1O. The Morgan fingerprint density at radius 1 is 1.50 bits per heavy atom. The molecule has 9 heteroatoms. The molecule has 0 aliphatic rings. The molecule has 0 saturated heterocycles. The Hall–Kier alpha value is -2.97. The first-order chi connectivity index (χ1) is 9.61. The highest BCUT2D eigenvalue weighted by molar-refractivity contribution is 5.83. The highest BCUT2D eigenvalue weighted by Crippen LogP contribution is 2.36. The van der Waals surface area contributed by atoms with Crippen LogP contribution in [0.25, 0.3) is 0 Å². The molecule has 0 amide bonds. The Kier molecular flexibility index (Phi) is 3.89. The zero-order chi connectivity index (χ0) is 14.5. The number of nitro benzene ring substituents is 1. The van der Waals surface area contributed by atoms with Crippen molar-refractivity contribution in [2.24, 2.45) is 5.10 Å². The molecule has 0 fully saturated rings. The van der Waals surface area contributed by atoms with Crippen LogP contribution in [0.4, 0.5) is 5.69 Å². The summed E-state index contributed by atoms with van der Waals surface area (Å²) in [5.74, 6) is -0.467. The Morgan fingerprint density at radius 3 is 2.80 bits per heavy atom. The van der Waals surface area contributed by atoms with Crippen molar-refractivity contribution in [1.82, 2.24) is 14.9 Å². The summed E-state index contributed by atoms with van der Waals surface area (Å²) in [6.07, 6.45) is 4.11. The molecule has 0 unspecified atom stereocenters. The molecule has 0 aliphatic carbocycles. The number of rotatable bonds is 5. The van der Waals surface area contributed by atoms with Crippen molar-refractivity contribution in [3.63, 3.8) is 0 Å².